The summed E-state index contributed by atoms with van der Waals surface area (Å²) in [6.07, 6.45) is 2.28. The Bertz CT molecular complexity index is 248. The lowest BCUT2D eigenvalue weighted by Gasteiger charge is -2.33. The Morgan fingerprint density at radius 2 is 2.24 bits per heavy atom. The summed E-state index contributed by atoms with van der Waals surface area (Å²) in [6, 6.07) is 0. The molecule has 4 nitrogen and oxygen atoms in total. The van der Waals surface area contributed by atoms with Gasteiger partial charge in [-0.2, -0.15) is 0 Å². The zero-order valence-electron chi connectivity index (χ0n) is 11.6. The summed E-state index contributed by atoms with van der Waals surface area (Å²) in [6.45, 7) is 9.16. The monoisotopic (exact) mass is 242 g/mol. The predicted octanol–water partition coefficient (Wildman–Crippen LogP) is 1.26. The maximum atomic E-state index is 12.3. The highest BCUT2D eigenvalue weighted by molar-refractivity contribution is 5.85. The second-order valence-corrected chi connectivity index (χ2v) is 5.42. The van der Waals surface area contributed by atoms with Crippen LogP contribution in [-0.2, 0) is 9.53 Å². The van der Waals surface area contributed by atoms with Gasteiger partial charge in [-0.05, 0) is 39.2 Å². The van der Waals surface area contributed by atoms with E-state index < -0.39 is 5.54 Å². The molecule has 1 saturated heterocycles. The molecule has 0 aliphatic carbocycles. The van der Waals surface area contributed by atoms with E-state index in [2.05, 4.69) is 5.32 Å². The van der Waals surface area contributed by atoms with Crippen molar-refractivity contribution in [1.29, 1.82) is 0 Å². The summed E-state index contributed by atoms with van der Waals surface area (Å²) in [7, 11) is 1.88. The van der Waals surface area contributed by atoms with Gasteiger partial charge in [0.05, 0.1) is 12.1 Å². The highest BCUT2D eigenvalue weighted by atomic mass is 16.5. The molecule has 0 aromatic carbocycles. The summed E-state index contributed by atoms with van der Waals surface area (Å²) in [4.78, 5) is 14.1. The van der Waals surface area contributed by atoms with Crippen molar-refractivity contribution in [3.8, 4) is 0 Å². The minimum absolute atomic E-state index is 0.157. The molecule has 0 aromatic rings. The summed E-state index contributed by atoms with van der Waals surface area (Å²) in [5, 5.41) is 3.22. The third-order valence-electron chi connectivity index (χ3n) is 3.29. The molecular weight excluding hydrogens is 216 g/mol. The predicted molar refractivity (Wildman–Crippen MR) is 68.9 cm³/mol. The number of rotatable bonds is 5. The Kier molecular flexibility index (Phi) is 5.40. The maximum Gasteiger partial charge on any atom is 0.242 e. The van der Waals surface area contributed by atoms with E-state index >= 15 is 0 Å². The van der Waals surface area contributed by atoms with Gasteiger partial charge in [-0.3, -0.25) is 4.79 Å². The van der Waals surface area contributed by atoms with E-state index in [0.29, 0.717) is 5.92 Å². The van der Waals surface area contributed by atoms with Crippen LogP contribution >= 0.6 is 0 Å². The standard InChI is InChI=1S/C13H26N2O2/c1-5-14-13(2,3)12(16)15(4)9-11-7-6-8-17-10-11/h11,14H,5-10H2,1-4H3. The fourth-order valence-corrected chi connectivity index (χ4v) is 2.42. The van der Waals surface area contributed by atoms with Crippen molar-refractivity contribution < 1.29 is 9.53 Å². The number of amides is 1. The molecule has 1 rings (SSSR count). The first-order valence-corrected chi connectivity index (χ1v) is 6.55. The van der Waals surface area contributed by atoms with Crippen LogP contribution in [0, 0.1) is 5.92 Å². The molecule has 1 fully saturated rings. The maximum absolute atomic E-state index is 12.3. The highest BCUT2D eigenvalue weighted by Crippen LogP contribution is 2.16. The largest absolute Gasteiger partial charge is 0.381 e. The number of ether oxygens (including phenoxy) is 1. The van der Waals surface area contributed by atoms with Gasteiger partial charge >= 0.3 is 0 Å². The fourth-order valence-electron chi connectivity index (χ4n) is 2.42. The summed E-state index contributed by atoms with van der Waals surface area (Å²) < 4.78 is 5.44. The average molecular weight is 242 g/mol. The van der Waals surface area contributed by atoms with Crippen molar-refractivity contribution in [1.82, 2.24) is 10.2 Å². The summed E-state index contributed by atoms with van der Waals surface area (Å²) in [5.41, 5.74) is -0.473. The lowest BCUT2D eigenvalue weighted by Crippen LogP contribution is -2.54. The molecule has 17 heavy (non-hydrogen) atoms. The van der Waals surface area contributed by atoms with E-state index in [1.165, 1.54) is 6.42 Å². The molecule has 1 N–H and O–H groups in total. The van der Waals surface area contributed by atoms with Crippen LogP contribution in [0.15, 0.2) is 0 Å². The molecule has 0 spiro atoms. The van der Waals surface area contributed by atoms with E-state index in [-0.39, 0.29) is 5.91 Å². The van der Waals surface area contributed by atoms with Crippen LogP contribution in [-0.4, -0.2) is 49.7 Å². The minimum Gasteiger partial charge on any atom is -0.381 e. The molecule has 1 atom stereocenters. The first-order chi connectivity index (χ1) is 7.97. The minimum atomic E-state index is -0.473. The second kappa shape index (κ2) is 6.36. The van der Waals surface area contributed by atoms with Crippen molar-refractivity contribution >= 4 is 5.91 Å². The van der Waals surface area contributed by atoms with Gasteiger partial charge in [0.25, 0.3) is 0 Å². The number of hydrogen-bond acceptors (Lipinski definition) is 3. The van der Waals surface area contributed by atoms with Gasteiger partial charge in [0.1, 0.15) is 0 Å². The van der Waals surface area contributed by atoms with Crippen molar-refractivity contribution in [3.63, 3.8) is 0 Å². The zero-order valence-corrected chi connectivity index (χ0v) is 11.6. The number of carbonyl (C=O) groups excluding carboxylic acids is 1. The van der Waals surface area contributed by atoms with Gasteiger partial charge in [-0.1, -0.05) is 6.92 Å². The van der Waals surface area contributed by atoms with Crippen LogP contribution in [0.2, 0.25) is 0 Å². The van der Waals surface area contributed by atoms with Crippen LogP contribution in [0.4, 0.5) is 0 Å². The smallest absolute Gasteiger partial charge is 0.242 e. The van der Waals surface area contributed by atoms with Crippen molar-refractivity contribution in [2.45, 2.75) is 39.2 Å². The van der Waals surface area contributed by atoms with Crippen LogP contribution in [0.1, 0.15) is 33.6 Å². The van der Waals surface area contributed by atoms with Gasteiger partial charge in [0.15, 0.2) is 0 Å². The number of hydrogen-bond donors (Lipinski definition) is 1. The normalized spacial score (nSPS) is 21.3. The Morgan fingerprint density at radius 1 is 1.53 bits per heavy atom. The topological polar surface area (TPSA) is 41.6 Å². The molecule has 1 aliphatic heterocycles. The summed E-state index contributed by atoms with van der Waals surface area (Å²) in [5.74, 6) is 0.653. The summed E-state index contributed by atoms with van der Waals surface area (Å²) >= 11 is 0. The molecule has 0 saturated carbocycles. The van der Waals surface area contributed by atoms with E-state index in [0.717, 1.165) is 32.7 Å². The third-order valence-corrected chi connectivity index (χ3v) is 3.29. The molecule has 1 amide bonds. The Labute approximate surface area is 105 Å². The Balaban J connectivity index is 2.45. The molecule has 1 aliphatic rings. The van der Waals surface area contributed by atoms with Crippen LogP contribution in [0.5, 0.6) is 0 Å². The SMILES string of the molecule is CCNC(C)(C)C(=O)N(C)CC1CCCOC1. The fraction of sp³-hybridized carbons (Fsp3) is 0.923. The van der Waals surface area contributed by atoms with Gasteiger partial charge in [0.2, 0.25) is 5.91 Å². The molecule has 0 radical (unpaired) electrons. The lowest BCUT2D eigenvalue weighted by molar-refractivity contribution is -0.136. The number of likely N-dealkylation sites (N-methyl/N-ethyl adjacent to an activating group) is 2. The first kappa shape index (κ1) is 14.5. The van der Waals surface area contributed by atoms with Crippen molar-refractivity contribution in [2.75, 3.05) is 33.4 Å². The molecule has 100 valence electrons. The van der Waals surface area contributed by atoms with Crippen LogP contribution < -0.4 is 5.32 Å². The quantitative estimate of drug-likeness (QED) is 0.789. The van der Waals surface area contributed by atoms with Crippen molar-refractivity contribution in [3.05, 3.63) is 0 Å². The average Bonchev–Trinajstić information content (AvgIpc) is 2.29. The number of nitrogens with one attached hydrogen (secondary N) is 1. The van der Waals surface area contributed by atoms with E-state index in [1.54, 1.807) is 0 Å². The van der Waals surface area contributed by atoms with Crippen LogP contribution in [0.25, 0.3) is 0 Å². The molecule has 1 unspecified atom stereocenters. The Morgan fingerprint density at radius 3 is 2.76 bits per heavy atom. The number of nitrogens with zero attached hydrogens (tertiary/aromatic N) is 1. The first-order valence-electron chi connectivity index (χ1n) is 6.55. The van der Waals surface area contributed by atoms with E-state index in [4.69, 9.17) is 4.74 Å². The second-order valence-electron chi connectivity index (χ2n) is 5.42. The van der Waals surface area contributed by atoms with Gasteiger partial charge in [-0.25, -0.2) is 0 Å². The van der Waals surface area contributed by atoms with Crippen LogP contribution in [0.3, 0.4) is 0 Å². The molecule has 1 heterocycles. The van der Waals surface area contributed by atoms with E-state index in [1.807, 2.05) is 32.7 Å². The highest BCUT2D eigenvalue weighted by Gasteiger charge is 2.30. The van der Waals surface area contributed by atoms with Gasteiger partial charge in [-0.15, -0.1) is 0 Å². The molecule has 4 heteroatoms. The molecule has 0 aromatic heterocycles. The lowest BCUT2D eigenvalue weighted by atomic mass is 9.99. The Hall–Kier alpha value is -0.610. The van der Waals surface area contributed by atoms with E-state index in [9.17, 15) is 4.79 Å². The molecule has 0 bridgehead atoms. The van der Waals surface area contributed by atoms with Gasteiger partial charge < -0.3 is 15.0 Å². The number of carbonyl (C=O) groups is 1. The van der Waals surface area contributed by atoms with Gasteiger partial charge in [0, 0.05) is 20.2 Å². The molecular formula is C13H26N2O2. The zero-order chi connectivity index (χ0) is 12.9. The van der Waals surface area contributed by atoms with Crippen molar-refractivity contribution in [2.24, 2.45) is 5.92 Å². The third kappa shape index (κ3) is 4.28.